The second kappa shape index (κ2) is 34.5. The number of oxime groups is 1. The minimum atomic E-state index is -4.45. The first-order valence-electron chi connectivity index (χ1n) is 32.2. The van der Waals surface area contributed by atoms with E-state index >= 15 is 0 Å². The molecule has 0 bridgehead atoms. The number of fused-ring (bicyclic) bond motifs is 1. The standard InChI is InChI=1S/C23H32N2O4.C16H18Cl2N2O4.C16H17N3O5S.C13H12IN5O6S/c1-7-16-13-15(3)14-17(8-2)18(16)19-20(26)24-9-11-28-12-10-25(24)21(19)29-22(27)23(4,5)6;1-4-23-14(21)12-9-16(3,15(22)24-5-2)20(19-12)13-7-6-10(17)8-11(13)18;1-9-10(15(20)11-8-17-19(2)16(11)21)4-5-13(25(3,22)23)14(9)12-6-7-24-18-12;1-6-15-11(18-13(16-6)25-2)17-12(22)19-26(23,24)9-5-7(14)3-4-8(9)10(20)21/h13-14H,7-12H2,1-6H3;6-8H,4-5,9H2,1-3H3;4-5,8,21H,6-7H2,1-3H3;3-5H,1-2H3,(H,20,21)(H2,15,16,17,18,19,22). The molecule has 2 amide bonds. The monoisotopic (exact) mass is 1630 g/mol. The second-order valence-electron chi connectivity index (χ2n) is 24.5. The third-order valence-electron chi connectivity index (χ3n) is 15.8. The van der Waals surface area contributed by atoms with Gasteiger partial charge < -0.3 is 38.7 Å². The van der Waals surface area contributed by atoms with Gasteiger partial charge in [-0.15, -0.1) is 0 Å². The summed E-state index contributed by atoms with van der Waals surface area (Å²) in [6.45, 7) is 22.6. The highest BCUT2D eigenvalue weighted by molar-refractivity contribution is 14.1. The van der Waals surface area contributed by atoms with E-state index in [0.717, 1.165) is 47.9 Å². The highest BCUT2D eigenvalue weighted by atomic mass is 127. The first-order chi connectivity index (χ1) is 48.8. The molecular formula is C68H79Cl2IN12O19S2. The van der Waals surface area contributed by atoms with Gasteiger partial charge in [-0.2, -0.15) is 25.2 Å². The van der Waals surface area contributed by atoms with Gasteiger partial charge in [0.05, 0.1) is 85.1 Å². The van der Waals surface area contributed by atoms with Crippen molar-refractivity contribution in [1.29, 1.82) is 0 Å². The molecule has 4 aromatic carbocycles. The Morgan fingerprint density at radius 3 is 2.00 bits per heavy atom. The highest BCUT2D eigenvalue weighted by Crippen LogP contribution is 2.41. The Morgan fingerprint density at radius 1 is 0.798 bits per heavy atom. The van der Waals surface area contributed by atoms with Crippen LogP contribution in [-0.4, -0.2) is 160 Å². The van der Waals surface area contributed by atoms with E-state index in [9.17, 15) is 55.5 Å². The zero-order valence-corrected chi connectivity index (χ0v) is 64.7. The lowest BCUT2D eigenvalue weighted by molar-refractivity contribution is -0.148. The molecule has 0 saturated carbocycles. The van der Waals surface area contributed by atoms with Gasteiger partial charge in [-0.1, -0.05) is 59.9 Å². The fourth-order valence-electron chi connectivity index (χ4n) is 10.8. The van der Waals surface area contributed by atoms with Gasteiger partial charge in [0.25, 0.3) is 15.6 Å². The summed E-state index contributed by atoms with van der Waals surface area (Å²) < 4.78 is 82.3. The summed E-state index contributed by atoms with van der Waals surface area (Å²) in [4.78, 5) is 103. The second-order valence-corrected chi connectivity index (χ2v) is 30.3. The van der Waals surface area contributed by atoms with Crippen molar-refractivity contribution >= 4 is 124 Å². The smallest absolute Gasteiger partial charge is 0.354 e. The Morgan fingerprint density at radius 2 is 1.44 bits per heavy atom. The van der Waals surface area contributed by atoms with E-state index < -0.39 is 71.0 Å². The number of halogens is 3. The van der Waals surface area contributed by atoms with Gasteiger partial charge in [0.1, 0.15) is 34.2 Å². The number of rotatable bonds is 18. The maximum Gasteiger partial charge on any atom is 0.354 e. The molecule has 10 rings (SSSR count). The average molecular weight is 1630 g/mol. The van der Waals surface area contributed by atoms with Crippen molar-refractivity contribution in [3.63, 3.8) is 0 Å². The number of hydrogen-bond acceptors (Lipinski definition) is 25. The highest BCUT2D eigenvalue weighted by Gasteiger charge is 2.50. The molecule has 0 aliphatic carbocycles. The Balaban J connectivity index is 0.000000194. The van der Waals surface area contributed by atoms with Crippen LogP contribution in [0.1, 0.15) is 128 Å². The molecule has 31 nitrogen and oxygen atoms in total. The van der Waals surface area contributed by atoms with Gasteiger partial charge in [-0.05, 0) is 169 Å². The van der Waals surface area contributed by atoms with Crippen LogP contribution in [0.3, 0.4) is 0 Å². The third-order valence-corrected chi connectivity index (χ3v) is 19.6. The number of nitrogens with one attached hydrogen (secondary N) is 2. The number of aryl methyl sites for hydroxylation is 5. The van der Waals surface area contributed by atoms with Crippen LogP contribution in [0.2, 0.25) is 10.0 Å². The zero-order chi connectivity index (χ0) is 77.1. The number of carbonyl (C=O) groups excluding carboxylic acids is 5. The number of urea groups is 1. The maximum atomic E-state index is 13.5. The van der Waals surface area contributed by atoms with Crippen LogP contribution in [0.4, 0.5) is 16.4 Å². The van der Waals surface area contributed by atoms with E-state index in [2.05, 4.69) is 68.5 Å². The molecular weight excluding hydrogens is 1550 g/mol. The Bertz CT molecular complexity index is 4830. The number of aromatic hydroxyl groups is 1. The lowest BCUT2D eigenvalue weighted by Gasteiger charge is -2.32. The van der Waals surface area contributed by atoms with E-state index in [1.807, 2.05) is 43.4 Å². The number of esters is 3. The number of methoxy groups -OCH3 is 1. The molecule has 6 heterocycles. The molecule has 1 atom stereocenters. The molecule has 36 heteroatoms. The number of hydrazone groups is 1. The van der Waals surface area contributed by atoms with Crippen molar-refractivity contribution in [2.24, 2.45) is 22.7 Å². The van der Waals surface area contributed by atoms with Gasteiger partial charge in [0, 0.05) is 45.9 Å². The van der Waals surface area contributed by atoms with E-state index in [0.29, 0.717) is 86.9 Å². The summed E-state index contributed by atoms with van der Waals surface area (Å²) in [6.07, 6.45) is 4.49. The van der Waals surface area contributed by atoms with Crippen molar-refractivity contribution in [1.82, 2.24) is 38.8 Å². The molecule has 104 heavy (non-hydrogen) atoms. The van der Waals surface area contributed by atoms with Crippen molar-refractivity contribution < 1.29 is 84.3 Å². The van der Waals surface area contributed by atoms with Crippen LogP contribution in [0, 0.1) is 29.8 Å². The molecule has 3 aliphatic heterocycles. The van der Waals surface area contributed by atoms with Crippen LogP contribution < -0.4 is 30.1 Å². The van der Waals surface area contributed by atoms with E-state index in [-0.39, 0.29) is 76.6 Å². The van der Waals surface area contributed by atoms with Gasteiger partial charge >= 0.3 is 35.9 Å². The lowest BCUT2D eigenvalue weighted by atomic mass is 9.91. The first kappa shape index (κ1) is 81.9. The average Bonchev–Trinajstić information content (AvgIpc) is 1.58. The maximum absolute atomic E-state index is 13.5. The van der Waals surface area contributed by atoms with Crippen LogP contribution in [-0.2, 0) is 86.3 Å². The van der Waals surface area contributed by atoms with Crippen molar-refractivity contribution in [2.75, 3.05) is 56.7 Å². The number of sulfone groups is 1. The summed E-state index contributed by atoms with van der Waals surface area (Å²) in [7, 11) is -5.14. The number of benzene rings is 4. The number of nitrogens with zero attached hydrogens (tertiary/aromatic N) is 10. The number of aromatic carboxylic acids is 1. The van der Waals surface area contributed by atoms with E-state index in [4.69, 9.17) is 56.8 Å². The van der Waals surface area contributed by atoms with Gasteiger partial charge in [-0.3, -0.25) is 19.7 Å². The number of ether oxygens (including phenoxy) is 5. The first-order valence-corrected chi connectivity index (χ1v) is 37.4. The van der Waals surface area contributed by atoms with Gasteiger partial charge in [-0.25, -0.2) is 59.8 Å². The molecule has 4 N–H and O–H groups in total. The number of carboxylic acids is 1. The number of aromatic nitrogens is 7. The zero-order valence-electron chi connectivity index (χ0n) is 59.4. The number of carbonyl (C=O) groups is 6. The van der Waals surface area contributed by atoms with Crippen LogP contribution in [0.15, 0.2) is 91.7 Å². The minimum Gasteiger partial charge on any atom is -0.493 e. The van der Waals surface area contributed by atoms with Crippen molar-refractivity contribution in [3.8, 4) is 28.9 Å². The normalized spacial score (nSPS) is 14.8. The van der Waals surface area contributed by atoms with Crippen molar-refractivity contribution in [2.45, 2.75) is 130 Å². The van der Waals surface area contributed by atoms with E-state index in [1.165, 1.54) is 60.7 Å². The largest absolute Gasteiger partial charge is 0.493 e. The third kappa shape index (κ3) is 19.1. The molecule has 0 saturated heterocycles. The van der Waals surface area contributed by atoms with Crippen LogP contribution >= 0.6 is 45.8 Å². The Labute approximate surface area is 623 Å². The summed E-state index contributed by atoms with van der Waals surface area (Å²) in [5.41, 5.74) is 4.58. The molecule has 0 spiro atoms. The van der Waals surface area contributed by atoms with Crippen LogP contribution in [0.5, 0.6) is 17.8 Å². The predicted octanol–water partition coefficient (Wildman–Crippen LogP) is 9.37. The number of anilines is 2. The Kier molecular flexibility index (Phi) is 27.2. The number of carboxylic acid groups (broad SMARTS) is 1. The summed E-state index contributed by atoms with van der Waals surface area (Å²) >= 11 is 14.0. The number of sulfonamides is 1. The summed E-state index contributed by atoms with van der Waals surface area (Å²) in [6, 6.07) is 14.4. The number of ketones is 1. The quantitative estimate of drug-likeness (QED) is 0.0353. The molecule has 558 valence electrons. The fourth-order valence-corrected chi connectivity index (χ4v) is 14.1. The molecule has 3 aromatic heterocycles. The summed E-state index contributed by atoms with van der Waals surface area (Å²) in [5, 5.41) is 35.4. The lowest BCUT2D eigenvalue weighted by Crippen LogP contribution is -2.48. The molecule has 1 unspecified atom stereocenters. The van der Waals surface area contributed by atoms with Crippen LogP contribution in [0.25, 0.3) is 11.1 Å². The SMILES string of the molecule is CCOC(=O)C1=NN(c2ccc(Cl)cc2Cl)C(C)(C(=O)OCC)C1.CCc1cc(C)cc(CC)c1-c1c(OC(=O)C(C)(C)C)n2n(c1=O)CCOCC2.COc1nc(C)nc(NC(=O)NS(=O)(=O)c2cc(I)ccc2C(=O)O)n1.Cc1c(C(=O)c2cnn(C)c2O)ccc(S(C)(=O)=O)c1C1=NOCC1. The predicted molar refractivity (Wildman–Crippen MR) is 392 cm³/mol. The minimum absolute atomic E-state index is 0.0493. The molecule has 0 radical (unpaired) electrons. The Hall–Kier alpha value is -9.36. The van der Waals surface area contributed by atoms with Gasteiger partial charge in [0.2, 0.25) is 17.7 Å². The molecule has 0 fully saturated rings. The fraction of sp³-hybridized carbons (Fsp3) is 0.397. The number of amides is 2. The van der Waals surface area contributed by atoms with Gasteiger partial charge in [0.15, 0.2) is 21.2 Å². The number of hydrogen-bond donors (Lipinski definition) is 4. The summed E-state index contributed by atoms with van der Waals surface area (Å²) in [5.74, 6) is -3.21. The molecule has 3 aliphatic rings. The van der Waals surface area contributed by atoms with E-state index in [1.54, 1.807) is 60.0 Å². The van der Waals surface area contributed by atoms with Crippen molar-refractivity contribution in [3.05, 3.63) is 141 Å². The molecule has 7 aromatic rings. The topological polar surface area (TPSA) is 402 Å².